The zero-order chi connectivity index (χ0) is 22.6. The van der Waals surface area contributed by atoms with Gasteiger partial charge in [0, 0.05) is 44.3 Å². The Morgan fingerprint density at radius 2 is 1.88 bits per heavy atom. The second kappa shape index (κ2) is 15.4. The molecule has 1 heterocycles. The molecule has 8 heteroatoms. The summed E-state index contributed by atoms with van der Waals surface area (Å²) in [5.74, 6) is 1.75. The summed E-state index contributed by atoms with van der Waals surface area (Å²) in [6.07, 6.45) is 0.525. The molecule has 0 spiro atoms. The number of benzene rings is 1. The number of anilines is 1. The van der Waals surface area contributed by atoms with Crippen LogP contribution in [0.15, 0.2) is 29.3 Å². The lowest BCUT2D eigenvalue weighted by Gasteiger charge is -2.37. The number of guanidine groups is 1. The van der Waals surface area contributed by atoms with Crippen LogP contribution in [-0.2, 0) is 16.1 Å². The topological polar surface area (TPSA) is 78.0 Å². The average Bonchev–Trinajstić information content (AvgIpc) is 2.72. The van der Waals surface area contributed by atoms with E-state index in [9.17, 15) is 4.79 Å². The lowest BCUT2D eigenvalue weighted by atomic mass is 10.0. The van der Waals surface area contributed by atoms with E-state index >= 15 is 0 Å². The summed E-state index contributed by atoms with van der Waals surface area (Å²) in [4.78, 5) is 19.3. The molecule has 1 amide bonds. The van der Waals surface area contributed by atoms with E-state index < -0.39 is 0 Å². The normalized spacial score (nSPS) is 15.9. The van der Waals surface area contributed by atoms with Gasteiger partial charge in [-0.3, -0.25) is 9.69 Å². The second-order valence-electron chi connectivity index (χ2n) is 8.88. The van der Waals surface area contributed by atoms with Gasteiger partial charge in [-0.2, -0.15) is 0 Å². The number of nitrogens with zero attached hydrogens (tertiary/aromatic N) is 2. The summed E-state index contributed by atoms with van der Waals surface area (Å²) in [5, 5.41) is 9.85. The number of morpholine rings is 1. The summed E-state index contributed by atoms with van der Waals surface area (Å²) in [7, 11) is 0. The van der Waals surface area contributed by atoms with E-state index in [1.807, 2.05) is 38.1 Å². The number of aliphatic imine (C=N–C) groups is 1. The number of carbonyl (C=O) groups is 1. The van der Waals surface area contributed by atoms with Gasteiger partial charge in [0.15, 0.2) is 5.96 Å². The minimum absolute atomic E-state index is 0. The first kappa shape index (κ1) is 28.6. The van der Waals surface area contributed by atoms with Crippen LogP contribution in [0.2, 0.25) is 0 Å². The quantitative estimate of drug-likeness (QED) is 0.232. The fourth-order valence-corrected chi connectivity index (χ4v) is 3.74. The summed E-state index contributed by atoms with van der Waals surface area (Å²) in [5.41, 5.74) is 1.89. The summed E-state index contributed by atoms with van der Waals surface area (Å²) >= 11 is 0. The van der Waals surface area contributed by atoms with Gasteiger partial charge in [-0.1, -0.05) is 39.8 Å². The SMILES string of the molecule is CCNC(=NCc1cccc(NC(=O)CC(C)C)c1)NCC(C(C)C)N1CCOCC1.I. The average molecular weight is 560 g/mol. The van der Waals surface area contributed by atoms with Gasteiger partial charge in [0.1, 0.15) is 0 Å². The number of rotatable bonds is 10. The Bertz CT molecular complexity index is 705. The Morgan fingerprint density at radius 3 is 2.50 bits per heavy atom. The molecule has 0 saturated carbocycles. The number of carbonyl (C=O) groups excluding carboxylic acids is 1. The fourth-order valence-electron chi connectivity index (χ4n) is 3.74. The van der Waals surface area contributed by atoms with Crippen molar-refractivity contribution < 1.29 is 9.53 Å². The zero-order valence-electron chi connectivity index (χ0n) is 20.3. The molecule has 1 atom stereocenters. The molecule has 0 bridgehead atoms. The van der Waals surface area contributed by atoms with E-state index in [4.69, 9.17) is 9.73 Å². The molecule has 1 fully saturated rings. The van der Waals surface area contributed by atoms with Crippen molar-refractivity contribution >= 4 is 41.5 Å². The highest BCUT2D eigenvalue weighted by molar-refractivity contribution is 14.0. The molecule has 7 nitrogen and oxygen atoms in total. The van der Waals surface area contributed by atoms with Gasteiger partial charge >= 0.3 is 0 Å². The third-order valence-corrected chi connectivity index (χ3v) is 5.33. The molecule has 1 saturated heterocycles. The van der Waals surface area contributed by atoms with Crippen molar-refractivity contribution in [2.24, 2.45) is 16.8 Å². The molecule has 1 aliphatic rings. The van der Waals surface area contributed by atoms with Crippen LogP contribution in [0.25, 0.3) is 0 Å². The number of hydrogen-bond acceptors (Lipinski definition) is 4. The second-order valence-corrected chi connectivity index (χ2v) is 8.88. The third-order valence-electron chi connectivity index (χ3n) is 5.33. The smallest absolute Gasteiger partial charge is 0.224 e. The molecular formula is C24H42IN5O2. The maximum Gasteiger partial charge on any atom is 0.224 e. The minimum atomic E-state index is 0. The number of ether oxygens (including phenoxy) is 1. The Balaban J connectivity index is 0.00000512. The van der Waals surface area contributed by atoms with Crippen molar-refractivity contribution in [3.63, 3.8) is 0 Å². The Morgan fingerprint density at radius 1 is 1.16 bits per heavy atom. The van der Waals surface area contributed by atoms with Gasteiger partial charge in [0.25, 0.3) is 0 Å². The first-order chi connectivity index (χ1) is 14.9. The summed E-state index contributed by atoms with van der Waals surface area (Å²) < 4.78 is 5.51. The predicted molar refractivity (Wildman–Crippen MR) is 144 cm³/mol. The number of nitrogens with one attached hydrogen (secondary N) is 3. The lowest BCUT2D eigenvalue weighted by molar-refractivity contribution is -0.116. The summed E-state index contributed by atoms with van der Waals surface area (Å²) in [6, 6.07) is 8.35. The van der Waals surface area contributed by atoms with E-state index in [1.165, 1.54) is 0 Å². The Labute approximate surface area is 211 Å². The van der Waals surface area contributed by atoms with Gasteiger partial charge in [-0.25, -0.2) is 4.99 Å². The molecule has 0 radical (unpaired) electrons. The van der Waals surface area contributed by atoms with Crippen LogP contribution in [0, 0.1) is 11.8 Å². The van der Waals surface area contributed by atoms with E-state index in [1.54, 1.807) is 0 Å². The van der Waals surface area contributed by atoms with E-state index in [2.05, 4.69) is 41.6 Å². The minimum Gasteiger partial charge on any atom is -0.379 e. The van der Waals surface area contributed by atoms with Crippen LogP contribution in [0.3, 0.4) is 0 Å². The van der Waals surface area contributed by atoms with Gasteiger partial charge < -0.3 is 20.7 Å². The van der Waals surface area contributed by atoms with Crippen molar-refractivity contribution in [1.82, 2.24) is 15.5 Å². The van der Waals surface area contributed by atoms with Crippen LogP contribution in [0.1, 0.15) is 46.6 Å². The molecule has 1 aromatic rings. The van der Waals surface area contributed by atoms with Crippen LogP contribution in [-0.4, -0.2) is 62.2 Å². The van der Waals surface area contributed by atoms with E-state index in [0.29, 0.717) is 30.8 Å². The lowest BCUT2D eigenvalue weighted by Crippen LogP contribution is -2.52. The molecule has 2 rings (SSSR count). The van der Waals surface area contributed by atoms with Crippen LogP contribution in [0.5, 0.6) is 0 Å². The highest BCUT2D eigenvalue weighted by Gasteiger charge is 2.23. The molecule has 0 aliphatic carbocycles. The number of amides is 1. The highest BCUT2D eigenvalue weighted by Crippen LogP contribution is 2.14. The van der Waals surface area contributed by atoms with Crippen LogP contribution < -0.4 is 16.0 Å². The Kier molecular flexibility index (Phi) is 13.8. The maximum absolute atomic E-state index is 12.0. The number of hydrogen-bond donors (Lipinski definition) is 3. The van der Waals surface area contributed by atoms with Gasteiger partial charge in [0.05, 0.1) is 19.8 Å². The molecule has 0 aromatic heterocycles. The maximum atomic E-state index is 12.0. The monoisotopic (exact) mass is 559 g/mol. The molecule has 32 heavy (non-hydrogen) atoms. The molecule has 1 aliphatic heterocycles. The van der Waals surface area contributed by atoms with Gasteiger partial charge in [-0.05, 0) is 36.5 Å². The highest BCUT2D eigenvalue weighted by atomic mass is 127. The van der Waals surface area contributed by atoms with Crippen molar-refractivity contribution in [3.05, 3.63) is 29.8 Å². The van der Waals surface area contributed by atoms with E-state index in [0.717, 1.165) is 56.6 Å². The standard InChI is InChI=1S/C24H41N5O2.HI/c1-6-25-24(27-17-22(19(4)5)29-10-12-31-13-11-29)26-16-20-8-7-9-21(15-20)28-23(30)14-18(2)3;/h7-9,15,18-19,22H,6,10-14,16-17H2,1-5H3,(H,28,30)(H2,25,26,27);1H. The van der Waals surface area contributed by atoms with Crippen molar-refractivity contribution in [3.8, 4) is 0 Å². The molecule has 3 N–H and O–H groups in total. The summed E-state index contributed by atoms with van der Waals surface area (Å²) in [6.45, 7) is 16.5. The Hall–Kier alpha value is -1.39. The molecule has 182 valence electrons. The van der Waals surface area contributed by atoms with E-state index in [-0.39, 0.29) is 29.9 Å². The van der Waals surface area contributed by atoms with Crippen LogP contribution in [0.4, 0.5) is 5.69 Å². The zero-order valence-corrected chi connectivity index (χ0v) is 22.6. The first-order valence-corrected chi connectivity index (χ1v) is 11.6. The van der Waals surface area contributed by atoms with Crippen molar-refractivity contribution in [1.29, 1.82) is 0 Å². The number of halogens is 1. The van der Waals surface area contributed by atoms with Crippen molar-refractivity contribution in [2.75, 3.05) is 44.7 Å². The predicted octanol–water partition coefficient (Wildman–Crippen LogP) is 3.70. The van der Waals surface area contributed by atoms with Crippen molar-refractivity contribution in [2.45, 2.75) is 53.6 Å². The fraction of sp³-hybridized carbons (Fsp3) is 0.667. The van der Waals surface area contributed by atoms with Gasteiger partial charge in [0.2, 0.25) is 5.91 Å². The largest absolute Gasteiger partial charge is 0.379 e. The van der Waals surface area contributed by atoms with Crippen LogP contribution >= 0.6 is 24.0 Å². The third kappa shape index (κ3) is 10.5. The molecule has 1 aromatic carbocycles. The molecular weight excluding hydrogens is 517 g/mol. The van der Waals surface area contributed by atoms with Gasteiger partial charge in [-0.15, -0.1) is 24.0 Å². The first-order valence-electron chi connectivity index (χ1n) is 11.6. The molecule has 1 unspecified atom stereocenters.